The molecule has 1 atom stereocenters. The van der Waals surface area contributed by atoms with E-state index in [0.717, 1.165) is 16.8 Å². The predicted octanol–water partition coefficient (Wildman–Crippen LogP) is 5.20. The summed E-state index contributed by atoms with van der Waals surface area (Å²) in [5, 5.41) is 0.586. The molecule has 7 heteroatoms. The van der Waals surface area contributed by atoms with Gasteiger partial charge in [0, 0.05) is 40.6 Å². The first-order chi connectivity index (χ1) is 15.4. The van der Waals surface area contributed by atoms with Crippen LogP contribution in [0.5, 0.6) is 17.2 Å². The molecule has 32 heavy (non-hydrogen) atoms. The lowest BCUT2D eigenvalue weighted by atomic mass is 9.76. The summed E-state index contributed by atoms with van der Waals surface area (Å²) in [7, 11) is 4.64. The minimum Gasteiger partial charge on any atom is -0.493 e. The van der Waals surface area contributed by atoms with Gasteiger partial charge in [0.05, 0.1) is 27.0 Å². The molecule has 1 amide bonds. The molecule has 2 aromatic carbocycles. The van der Waals surface area contributed by atoms with Gasteiger partial charge in [-0.05, 0) is 43.5 Å². The smallest absolute Gasteiger partial charge is 0.232 e. The Bertz CT molecular complexity index is 1120. The molecule has 1 aliphatic heterocycles. The third-order valence-corrected chi connectivity index (χ3v) is 6.61. The molecule has 4 rings (SSSR count). The molecule has 0 N–H and O–H groups in total. The zero-order valence-corrected chi connectivity index (χ0v) is 19.4. The Balaban J connectivity index is 1.90. The van der Waals surface area contributed by atoms with Crippen molar-refractivity contribution >= 4 is 29.0 Å². The lowest BCUT2D eigenvalue weighted by Gasteiger charge is -2.38. The van der Waals surface area contributed by atoms with Gasteiger partial charge < -0.3 is 14.2 Å². The van der Waals surface area contributed by atoms with Crippen molar-refractivity contribution in [1.82, 2.24) is 0 Å². The van der Waals surface area contributed by atoms with Crippen molar-refractivity contribution < 1.29 is 23.8 Å². The van der Waals surface area contributed by atoms with Crippen molar-refractivity contribution in [1.29, 1.82) is 0 Å². The molecule has 0 radical (unpaired) electrons. The molecule has 0 spiro atoms. The van der Waals surface area contributed by atoms with Crippen LogP contribution in [-0.4, -0.2) is 33.0 Å². The lowest BCUT2D eigenvalue weighted by molar-refractivity contribution is -0.119. The third kappa shape index (κ3) is 3.62. The summed E-state index contributed by atoms with van der Waals surface area (Å²) in [4.78, 5) is 28.3. The fourth-order valence-corrected chi connectivity index (χ4v) is 4.85. The monoisotopic (exact) mass is 455 g/mol. The summed E-state index contributed by atoms with van der Waals surface area (Å²) in [5.74, 6) is 0.997. The summed E-state index contributed by atoms with van der Waals surface area (Å²) in [6.07, 6.45) is 1.95. The van der Waals surface area contributed by atoms with Gasteiger partial charge in [0.15, 0.2) is 17.3 Å². The van der Waals surface area contributed by atoms with E-state index in [9.17, 15) is 9.59 Å². The Labute approximate surface area is 192 Å². The number of Topliss-reactive ketones (excluding diaryl/α,β-unsaturated/α-hetero) is 1. The first-order valence-electron chi connectivity index (χ1n) is 10.6. The topological polar surface area (TPSA) is 65.1 Å². The van der Waals surface area contributed by atoms with E-state index in [2.05, 4.69) is 0 Å². The molecule has 0 aromatic heterocycles. The van der Waals surface area contributed by atoms with Crippen LogP contribution in [0, 0.1) is 6.92 Å². The highest BCUT2D eigenvalue weighted by molar-refractivity contribution is 6.31. The zero-order chi connectivity index (χ0) is 23.0. The van der Waals surface area contributed by atoms with Gasteiger partial charge in [-0.25, -0.2) is 0 Å². The van der Waals surface area contributed by atoms with Crippen LogP contribution in [0.15, 0.2) is 41.6 Å². The number of methoxy groups -OCH3 is 3. The molecule has 0 saturated carbocycles. The van der Waals surface area contributed by atoms with Gasteiger partial charge in [0.1, 0.15) is 0 Å². The molecule has 0 bridgehead atoms. The Morgan fingerprint density at radius 1 is 0.969 bits per heavy atom. The van der Waals surface area contributed by atoms with E-state index in [1.165, 1.54) is 7.11 Å². The summed E-state index contributed by atoms with van der Waals surface area (Å²) in [5.41, 5.74) is 3.77. The van der Waals surface area contributed by atoms with Crippen LogP contribution in [0.4, 0.5) is 5.69 Å². The number of anilines is 1. The fourth-order valence-electron chi connectivity index (χ4n) is 4.68. The number of allylic oxidation sites excluding steroid dienone is 2. The number of hydrogen-bond donors (Lipinski definition) is 0. The number of rotatable bonds is 5. The molecule has 168 valence electrons. The average molecular weight is 456 g/mol. The van der Waals surface area contributed by atoms with Gasteiger partial charge in [-0.1, -0.05) is 23.7 Å². The second-order valence-corrected chi connectivity index (χ2v) is 8.39. The Kier molecular flexibility index (Phi) is 6.15. The van der Waals surface area contributed by atoms with Crippen molar-refractivity contribution in [3.63, 3.8) is 0 Å². The van der Waals surface area contributed by atoms with Crippen LogP contribution < -0.4 is 19.1 Å². The van der Waals surface area contributed by atoms with Crippen LogP contribution in [0.1, 0.15) is 42.7 Å². The number of ether oxygens (including phenoxy) is 3. The van der Waals surface area contributed by atoms with Crippen molar-refractivity contribution in [2.45, 2.75) is 38.5 Å². The normalized spacial score (nSPS) is 18.5. The highest BCUT2D eigenvalue weighted by Gasteiger charge is 2.41. The molecule has 2 aromatic rings. The Morgan fingerprint density at radius 2 is 1.72 bits per heavy atom. The van der Waals surface area contributed by atoms with Gasteiger partial charge in [0.2, 0.25) is 11.7 Å². The second kappa shape index (κ2) is 8.87. The molecule has 2 aliphatic rings. The third-order valence-electron chi connectivity index (χ3n) is 6.20. The maximum atomic E-state index is 13.5. The molecule has 0 saturated heterocycles. The van der Waals surface area contributed by atoms with E-state index in [0.29, 0.717) is 52.8 Å². The van der Waals surface area contributed by atoms with Crippen molar-refractivity contribution in [3.05, 3.63) is 57.8 Å². The summed E-state index contributed by atoms with van der Waals surface area (Å²) < 4.78 is 16.6. The molecule has 0 fully saturated rings. The summed E-state index contributed by atoms with van der Waals surface area (Å²) in [6, 6.07) is 9.18. The van der Waals surface area contributed by atoms with Gasteiger partial charge in [-0.2, -0.15) is 0 Å². The lowest BCUT2D eigenvalue weighted by Crippen LogP contribution is -2.40. The number of benzene rings is 2. The number of ketones is 1. The second-order valence-electron chi connectivity index (χ2n) is 7.98. The van der Waals surface area contributed by atoms with E-state index in [-0.39, 0.29) is 18.1 Å². The average Bonchev–Trinajstić information content (AvgIpc) is 2.79. The number of hydrogen-bond acceptors (Lipinski definition) is 5. The van der Waals surface area contributed by atoms with E-state index in [1.54, 1.807) is 31.3 Å². The molecule has 1 heterocycles. The number of aryl methyl sites for hydroxylation is 1. The maximum absolute atomic E-state index is 13.5. The first kappa shape index (κ1) is 22.2. The summed E-state index contributed by atoms with van der Waals surface area (Å²) >= 11 is 6.35. The SMILES string of the molecule is COc1ccc([C@@H]2CC(=O)N(c3ccc(C)c(Cl)c3)C3=C2C(=O)CCC3)c(OC)c1OC. The number of amides is 1. The van der Waals surface area contributed by atoms with Crippen molar-refractivity contribution in [2.24, 2.45) is 0 Å². The van der Waals surface area contributed by atoms with E-state index >= 15 is 0 Å². The van der Waals surface area contributed by atoms with Crippen LogP contribution in [0.3, 0.4) is 0 Å². The van der Waals surface area contributed by atoms with E-state index in [4.69, 9.17) is 25.8 Å². The van der Waals surface area contributed by atoms with E-state index < -0.39 is 5.92 Å². The number of carbonyl (C=O) groups is 2. The largest absolute Gasteiger partial charge is 0.493 e. The Morgan fingerprint density at radius 3 is 2.38 bits per heavy atom. The molecular formula is C25H26ClNO5. The summed E-state index contributed by atoms with van der Waals surface area (Å²) in [6.45, 7) is 1.92. The van der Waals surface area contributed by atoms with Crippen LogP contribution >= 0.6 is 11.6 Å². The maximum Gasteiger partial charge on any atom is 0.232 e. The number of halogens is 1. The zero-order valence-electron chi connectivity index (χ0n) is 18.7. The molecule has 0 unspecified atom stereocenters. The van der Waals surface area contributed by atoms with Crippen LogP contribution in [0.2, 0.25) is 5.02 Å². The van der Waals surface area contributed by atoms with E-state index in [1.807, 2.05) is 25.1 Å². The standard InChI is InChI=1S/C25H26ClNO5/c1-14-8-9-15(12-18(14)26)27-19-6-5-7-20(28)23(19)17(13-22(27)29)16-10-11-21(30-2)25(32-4)24(16)31-3/h8-12,17H,5-7,13H2,1-4H3/t17-/m0/s1. The molecule has 6 nitrogen and oxygen atoms in total. The number of carbonyl (C=O) groups excluding carboxylic acids is 2. The van der Waals surface area contributed by atoms with Gasteiger partial charge in [0.25, 0.3) is 0 Å². The predicted molar refractivity (Wildman–Crippen MR) is 123 cm³/mol. The molecule has 1 aliphatic carbocycles. The van der Waals surface area contributed by atoms with Gasteiger partial charge >= 0.3 is 0 Å². The van der Waals surface area contributed by atoms with Crippen molar-refractivity contribution in [2.75, 3.05) is 26.2 Å². The van der Waals surface area contributed by atoms with Crippen LogP contribution in [0.25, 0.3) is 0 Å². The minimum atomic E-state index is -0.419. The number of nitrogens with zero attached hydrogens (tertiary/aromatic N) is 1. The first-order valence-corrected chi connectivity index (χ1v) is 10.9. The van der Waals surface area contributed by atoms with Crippen LogP contribution in [-0.2, 0) is 9.59 Å². The van der Waals surface area contributed by atoms with Crippen molar-refractivity contribution in [3.8, 4) is 17.2 Å². The quantitative estimate of drug-likeness (QED) is 0.619. The Hall–Kier alpha value is -2.99. The van der Waals surface area contributed by atoms with Gasteiger partial charge in [-0.15, -0.1) is 0 Å². The highest BCUT2D eigenvalue weighted by Crippen LogP contribution is 2.49. The molecular weight excluding hydrogens is 430 g/mol. The van der Waals surface area contributed by atoms with Gasteiger partial charge in [-0.3, -0.25) is 14.5 Å². The highest BCUT2D eigenvalue weighted by atomic mass is 35.5. The fraction of sp³-hybridized carbons (Fsp3) is 0.360. The minimum absolute atomic E-state index is 0.0591.